The van der Waals surface area contributed by atoms with Crippen molar-refractivity contribution < 1.29 is 19.5 Å². The second-order valence-corrected chi connectivity index (χ2v) is 4.95. The Balaban J connectivity index is 4.22. The standard InChI is InChI=1S/C13H25N3O4/c1-5-13(6-2,11(18)19)16-12(20)14-8-7-10(17)15-9(3)4/h9H,5-8H2,1-4H3,(H,15,17)(H,18,19)(H2,14,16,20). The number of hydrogen-bond acceptors (Lipinski definition) is 3. The lowest BCUT2D eigenvalue weighted by molar-refractivity contribution is -0.144. The maximum Gasteiger partial charge on any atom is 0.329 e. The van der Waals surface area contributed by atoms with E-state index in [2.05, 4.69) is 16.0 Å². The normalized spacial score (nSPS) is 11.1. The third-order valence-electron chi connectivity index (χ3n) is 3.06. The van der Waals surface area contributed by atoms with Gasteiger partial charge < -0.3 is 21.1 Å². The van der Waals surface area contributed by atoms with E-state index in [4.69, 9.17) is 0 Å². The summed E-state index contributed by atoms with van der Waals surface area (Å²) < 4.78 is 0. The Morgan fingerprint density at radius 2 is 1.70 bits per heavy atom. The van der Waals surface area contributed by atoms with E-state index in [0.717, 1.165) is 0 Å². The summed E-state index contributed by atoms with van der Waals surface area (Å²) in [5, 5.41) is 16.8. The molecule has 0 aliphatic heterocycles. The number of carbonyl (C=O) groups excluding carboxylic acids is 2. The largest absolute Gasteiger partial charge is 0.480 e. The van der Waals surface area contributed by atoms with Crippen LogP contribution >= 0.6 is 0 Å². The first-order valence-electron chi connectivity index (χ1n) is 6.86. The molecule has 0 spiro atoms. The SMILES string of the molecule is CCC(CC)(NC(=O)NCCC(=O)NC(C)C)C(=O)O. The van der Waals surface area contributed by atoms with Gasteiger partial charge >= 0.3 is 12.0 Å². The third kappa shape index (κ3) is 5.90. The van der Waals surface area contributed by atoms with Crippen LogP contribution in [0.4, 0.5) is 4.79 Å². The van der Waals surface area contributed by atoms with Crippen LogP contribution in [0.2, 0.25) is 0 Å². The number of nitrogens with one attached hydrogen (secondary N) is 3. The second kappa shape index (κ2) is 8.39. The zero-order valence-electron chi connectivity index (χ0n) is 12.6. The van der Waals surface area contributed by atoms with Gasteiger partial charge in [-0.15, -0.1) is 0 Å². The smallest absolute Gasteiger partial charge is 0.329 e. The minimum absolute atomic E-state index is 0.0520. The summed E-state index contributed by atoms with van der Waals surface area (Å²) in [7, 11) is 0. The molecule has 0 bridgehead atoms. The average molecular weight is 287 g/mol. The van der Waals surface area contributed by atoms with Gasteiger partial charge in [-0.2, -0.15) is 0 Å². The van der Waals surface area contributed by atoms with Crippen LogP contribution in [-0.2, 0) is 9.59 Å². The summed E-state index contributed by atoms with van der Waals surface area (Å²) in [6.07, 6.45) is 0.740. The van der Waals surface area contributed by atoms with Crippen molar-refractivity contribution in [2.75, 3.05) is 6.54 Å². The molecule has 0 saturated heterocycles. The summed E-state index contributed by atoms with van der Waals surface area (Å²) in [6, 6.07) is -0.524. The maximum absolute atomic E-state index is 11.7. The highest BCUT2D eigenvalue weighted by Crippen LogP contribution is 2.14. The molecule has 0 aromatic carbocycles. The fourth-order valence-electron chi connectivity index (χ4n) is 1.73. The highest BCUT2D eigenvalue weighted by atomic mass is 16.4. The molecule has 0 saturated carbocycles. The van der Waals surface area contributed by atoms with Crippen LogP contribution in [0.25, 0.3) is 0 Å². The number of carboxylic acids is 1. The molecule has 20 heavy (non-hydrogen) atoms. The molecule has 0 aliphatic carbocycles. The van der Waals surface area contributed by atoms with Crippen molar-refractivity contribution in [3.63, 3.8) is 0 Å². The molecule has 0 atom stereocenters. The summed E-state index contributed by atoms with van der Waals surface area (Å²) in [4.78, 5) is 34.2. The summed E-state index contributed by atoms with van der Waals surface area (Å²) in [6.45, 7) is 7.26. The molecule has 0 fully saturated rings. The second-order valence-electron chi connectivity index (χ2n) is 4.95. The molecule has 0 aromatic rings. The fourth-order valence-corrected chi connectivity index (χ4v) is 1.73. The predicted molar refractivity (Wildman–Crippen MR) is 75.4 cm³/mol. The first-order chi connectivity index (χ1) is 9.27. The molecule has 3 amide bonds. The summed E-state index contributed by atoms with van der Waals surface area (Å²) in [5.41, 5.74) is -1.26. The molecule has 0 heterocycles. The molecule has 0 aliphatic rings. The van der Waals surface area contributed by atoms with Crippen molar-refractivity contribution in [2.45, 2.75) is 58.5 Å². The van der Waals surface area contributed by atoms with E-state index in [1.807, 2.05) is 13.8 Å². The number of aliphatic carboxylic acids is 1. The van der Waals surface area contributed by atoms with Gasteiger partial charge in [-0.3, -0.25) is 4.79 Å². The Morgan fingerprint density at radius 3 is 2.10 bits per heavy atom. The van der Waals surface area contributed by atoms with E-state index in [1.165, 1.54) is 0 Å². The monoisotopic (exact) mass is 287 g/mol. The zero-order valence-corrected chi connectivity index (χ0v) is 12.6. The molecule has 0 aromatic heterocycles. The van der Waals surface area contributed by atoms with Gasteiger partial charge in [0.05, 0.1) is 0 Å². The van der Waals surface area contributed by atoms with Crippen LogP contribution in [0, 0.1) is 0 Å². The Kier molecular flexibility index (Phi) is 7.64. The van der Waals surface area contributed by atoms with E-state index in [-0.39, 0.29) is 24.9 Å². The van der Waals surface area contributed by atoms with Gasteiger partial charge in [0.25, 0.3) is 0 Å². The molecule has 4 N–H and O–H groups in total. The minimum atomic E-state index is -1.26. The predicted octanol–water partition coefficient (Wildman–Crippen LogP) is 0.844. The number of amides is 3. The number of urea groups is 1. The summed E-state index contributed by atoms with van der Waals surface area (Å²) >= 11 is 0. The quantitative estimate of drug-likeness (QED) is 0.530. The number of hydrogen-bond donors (Lipinski definition) is 4. The van der Waals surface area contributed by atoms with Crippen LogP contribution in [0.5, 0.6) is 0 Å². The first-order valence-corrected chi connectivity index (χ1v) is 6.86. The average Bonchev–Trinajstić information content (AvgIpc) is 2.34. The lowest BCUT2D eigenvalue weighted by atomic mass is 9.93. The Morgan fingerprint density at radius 1 is 1.15 bits per heavy atom. The fraction of sp³-hybridized carbons (Fsp3) is 0.769. The molecular formula is C13H25N3O4. The van der Waals surface area contributed by atoms with Gasteiger partial charge in [-0.1, -0.05) is 13.8 Å². The molecule has 7 heteroatoms. The van der Waals surface area contributed by atoms with Crippen molar-refractivity contribution in [3.8, 4) is 0 Å². The van der Waals surface area contributed by atoms with E-state index in [1.54, 1.807) is 13.8 Å². The Hall–Kier alpha value is -1.79. The Bertz CT molecular complexity index is 352. The van der Waals surface area contributed by atoms with Crippen LogP contribution < -0.4 is 16.0 Å². The van der Waals surface area contributed by atoms with Crippen molar-refractivity contribution in [3.05, 3.63) is 0 Å². The van der Waals surface area contributed by atoms with Crippen LogP contribution in [-0.4, -0.2) is 41.1 Å². The van der Waals surface area contributed by atoms with Gasteiger partial charge in [0.1, 0.15) is 5.54 Å². The van der Waals surface area contributed by atoms with Crippen molar-refractivity contribution >= 4 is 17.9 Å². The lowest BCUT2D eigenvalue weighted by Gasteiger charge is -2.28. The third-order valence-corrected chi connectivity index (χ3v) is 3.06. The molecule has 0 radical (unpaired) electrons. The van der Waals surface area contributed by atoms with Crippen LogP contribution in [0.15, 0.2) is 0 Å². The molecule has 7 nitrogen and oxygen atoms in total. The highest BCUT2D eigenvalue weighted by Gasteiger charge is 2.36. The number of rotatable bonds is 8. The maximum atomic E-state index is 11.7. The Labute approximate surface area is 119 Å². The van der Waals surface area contributed by atoms with E-state index in [9.17, 15) is 19.5 Å². The number of carboxylic acid groups (broad SMARTS) is 1. The van der Waals surface area contributed by atoms with Crippen LogP contribution in [0.1, 0.15) is 47.0 Å². The zero-order chi connectivity index (χ0) is 15.8. The van der Waals surface area contributed by atoms with E-state index < -0.39 is 17.5 Å². The van der Waals surface area contributed by atoms with Crippen molar-refractivity contribution in [2.24, 2.45) is 0 Å². The van der Waals surface area contributed by atoms with Gasteiger partial charge in [0.2, 0.25) is 5.91 Å². The topological polar surface area (TPSA) is 108 Å². The molecular weight excluding hydrogens is 262 g/mol. The van der Waals surface area contributed by atoms with Gasteiger partial charge in [-0.05, 0) is 26.7 Å². The van der Waals surface area contributed by atoms with E-state index >= 15 is 0 Å². The number of carbonyl (C=O) groups is 3. The molecule has 116 valence electrons. The van der Waals surface area contributed by atoms with Gasteiger partial charge in [0, 0.05) is 19.0 Å². The van der Waals surface area contributed by atoms with Crippen LogP contribution in [0.3, 0.4) is 0 Å². The van der Waals surface area contributed by atoms with Gasteiger partial charge in [0.15, 0.2) is 0 Å². The molecule has 0 rings (SSSR count). The molecule has 0 unspecified atom stereocenters. The minimum Gasteiger partial charge on any atom is -0.480 e. The first kappa shape index (κ1) is 18.2. The highest BCUT2D eigenvalue weighted by molar-refractivity contribution is 5.86. The van der Waals surface area contributed by atoms with Crippen molar-refractivity contribution in [1.29, 1.82) is 0 Å². The lowest BCUT2D eigenvalue weighted by Crippen LogP contribution is -2.56. The van der Waals surface area contributed by atoms with E-state index in [0.29, 0.717) is 12.8 Å². The van der Waals surface area contributed by atoms with Gasteiger partial charge in [-0.25, -0.2) is 9.59 Å². The summed E-state index contributed by atoms with van der Waals surface area (Å²) in [5.74, 6) is -1.22. The van der Waals surface area contributed by atoms with Crippen molar-refractivity contribution in [1.82, 2.24) is 16.0 Å².